The van der Waals surface area contributed by atoms with Crippen molar-refractivity contribution in [1.29, 1.82) is 0 Å². The second-order valence-electron chi connectivity index (χ2n) is 8.86. The number of nitrogens with zero attached hydrogens (tertiary/aromatic N) is 1. The van der Waals surface area contributed by atoms with E-state index in [2.05, 4.69) is 0 Å². The van der Waals surface area contributed by atoms with E-state index in [0.29, 0.717) is 6.42 Å². The molecule has 0 radical (unpaired) electrons. The Labute approximate surface area is 207 Å². The van der Waals surface area contributed by atoms with Gasteiger partial charge in [0.2, 0.25) is 0 Å². The second kappa shape index (κ2) is 11.8. The van der Waals surface area contributed by atoms with E-state index in [0.717, 1.165) is 58.7 Å². The Morgan fingerprint density at radius 1 is 0.829 bits per heavy atom. The van der Waals surface area contributed by atoms with Crippen LogP contribution in [0.3, 0.4) is 0 Å². The van der Waals surface area contributed by atoms with Crippen LogP contribution in [0.15, 0.2) is 66.7 Å². The van der Waals surface area contributed by atoms with Crippen molar-refractivity contribution in [2.24, 2.45) is 0 Å². The van der Waals surface area contributed by atoms with Gasteiger partial charge in [-0.05, 0) is 77.9 Å². The lowest BCUT2D eigenvalue weighted by Gasteiger charge is -2.31. The van der Waals surface area contributed by atoms with Crippen molar-refractivity contribution in [3.8, 4) is 11.5 Å². The number of aliphatic carboxylic acids is 1. The van der Waals surface area contributed by atoms with Crippen molar-refractivity contribution in [1.82, 2.24) is 0 Å². The number of unbranched alkanes of at least 4 members (excludes halogenated alkanes) is 2. The minimum absolute atomic E-state index is 0.178. The van der Waals surface area contributed by atoms with Gasteiger partial charge in [0.05, 0.1) is 14.2 Å². The van der Waals surface area contributed by atoms with Crippen LogP contribution >= 0.6 is 0 Å². The summed E-state index contributed by atoms with van der Waals surface area (Å²) in [7, 11) is 7.22. The molecule has 0 fully saturated rings. The highest BCUT2D eigenvalue weighted by Crippen LogP contribution is 2.39. The van der Waals surface area contributed by atoms with Crippen molar-refractivity contribution >= 4 is 11.7 Å². The first-order valence-electron chi connectivity index (χ1n) is 11.8. The molecule has 0 heterocycles. The van der Waals surface area contributed by atoms with Crippen LogP contribution in [0, 0.1) is 0 Å². The van der Waals surface area contributed by atoms with Crippen molar-refractivity contribution in [3.05, 3.63) is 89.0 Å². The van der Waals surface area contributed by atoms with Gasteiger partial charge in [0.1, 0.15) is 17.1 Å². The molecule has 1 atom stereocenters. The number of hydrogen-bond acceptors (Lipinski definition) is 5. The van der Waals surface area contributed by atoms with E-state index in [-0.39, 0.29) is 6.42 Å². The molecule has 35 heavy (non-hydrogen) atoms. The van der Waals surface area contributed by atoms with Gasteiger partial charge in [0.15, 0.2) is 0 Å². The van der Waals surface area contributed by atoms with Crippen LogP contribution < -0.4 is 14.4 Å². The summed E-state index contributed by atoms with van der Waals surface area (Å²) in [5, 5.41) is 21.2. The van der Waals surface area contributed by atoms with Gasteiger partial charge in [-0.3, -0.25) is 4.79 Å². The fourth-order valence-corrected chi connectivity index (χ4v) is 4.30. The van der Waals surface area contributed by atoms with Gasteiger partial charge in [-0.15, -0.1) is 0 Å². The van der Waals surface area contributed by atoms with E-state index in [1.807, 2.05) is 85.7 Å². The summed E-state index contributed by atoms with van der Waals surface area (Å²) in [5.41, 5.74) is 2.86. The van der Waals surface area contributed by atoms with Crippen LogP contribution in [0.4, 0.5) is 5.69 Å². The van der Waals surface area contributed by atoms with Gasteiger partial charge >= 0.3 is 5.97 Å². The molecule has 6 heteroatoms. The minimum Gasteiger partial charge on any atom is -0.497 e. The zero-order chi connectivity index (χ0) is 25.4. The maximum Gasteiger partial charge on any atom is 0.303 e. The first kappa shape index (κ1) is 26.1. The number of methoxy groups -OCH3 is 2. The van der Waals surface area contributed by atoms with Crippen molar-refractivity contribution in [2.75, 3.05) is 33.2 Å². The molecule has 3 rings (SSSR count). The first-order valence-corrected chi connectivity index (χ1v) is 11.8. The first-order chi connectivity index (χ1) is 16.8. The molecule has 0 aliphatic rings. The molecule has 0 bridgehead atoms. The Morgan fingerprint density at radius 3 is 1.97 bits per heavy atom. The molecule has 0 aliphatic carbocycles. The number of carboxylic acids is 1. The van der Waals surface area contributed by atoms with Crippen LogP contribution in [0.5, 0.6) is 11.5 Å². The van der Waals surface area contributed by atoms with Crippen molar-refractivity contribution < 1.29 is 24.5 Å². The number of benzene rings is 3. The van der Waals surface area contributed by atoms with Gasteiger partial charge in [0.25, 0.3) is 0 Å². The average Bonchev–Trinajstić information content (AvgIpc) is 2.87. The topological polar surface area (TPSA) is 79.2 Å². The minimum atomic E-state index is -1.39. The van der Waals surface area contributed by atoms with Crippen LogP contribution in [-0.4, -0.2) is 44.5 Å². The molecule has 0 amide bonds. The lowest BCUT2D eigenvalue weighted by molar-refractivity contribution is -0.137. The molecule has 0 aliphatic heterocycles. The zero-order valence-corrected chi connectivity index (χ0v) is 21.0. The number of ether oxygens (including phenoxy) is 2. The van der Waals surface area contributed by atoms with E-state index >= 15 is 0 Å². The summed E-state index contributed by atoms with van der Waals surface area (Å²) in [6, 6.07) is 21.2. The van der Waals surface area contributed by atoms with E-state index in [1.54, 1.807) is 14.2 Å². The third-order valence-electron chi connectivity index (χ3n) is 6.34. The van der Waals surface area contributed by atoms with Crippen LogP contribution in [-0.2, 0) is 16.8 Å². The van der Waals surface area contributed by atoms with Crippen LogP contribution in [0.1, 0.15) is 47.9 Å². The number of aryl methyl sites for hydroxylation is 1. The number of anilines is 1. The van der Waals surface area contributed by atoms with Crippen molar-refractivity contribution in [3.63, 3.8) is 0 Å². The Morgan fingerprint density at radius 2 is 1.43 bits per heavy atom. The zero-order valence-electron chi connectivity index (χ0n) is 21.0. The predicted molar refractivity (Wildman–Crippen MR) is 139 cm³/mol. The summed E-state index contributed by atoms with van der Waals surface area (Å²) < 4.78 is 10.9. The van der Waals surface area contributed by atoms with E-state index in [1.165, 1.54) is 0 Å². The fraction of sp³-hybridized carbons (Fsp3) is 0.345. The van der Waals surface area contributed by atoms with Gasteiger partial charge in [0, 0.05) is 26.2 Å². The SMILES string of the molecule is COc1ccc(C(O)(c2ccc(N(C)C)cc2)c2ccc(OC)c(CCCCCC(=O)O)c2)cc1. The lowest BCUT2D eigenvalue weighted by atomic mass is 9.79. The summed E-state index contributed by atoms with van der Waals surface area (Å²) in [5.74, 6) is 0.706. The van der Waals surface area contributed by atoms with Crippen LogP contribution in [0.2, 0.25) is 0 Å². The number of carbonyl (C=O) groups is 1. The smallest absolute Gasteiger partial charge is 0.303 e. The molecule has 2 N–H and O–H groups in total. The Kier molecular flexibility index (Phi) is 8.77. The molecule has 6 nitrogen and oxygen atoms in total. The quantitative estimate of drug-likeness (QED) is 0.274. The largest absolute Gasteiger partial charge is 0.497 e. The Balaban J connectivity index is 2.02. The van der Waals surface area contributed by atoms with E-state index in [9.17, 15) is 9.90 Å². The molecule has 186 valence electrons. The third-order valence-corrected chi connectivity index (χ3v) is 6.34. The van der Waals surface area contributed by atoms with Crippen molar-refractivity contribution in [2.45, 2.75) is 37.7 Å². The van der Waals surface area contributed by atoms with Gasteiger partial charge in [-0.25, -0.2) is 0 Å². The Hall–Kier alpha value is -3.51. The molecular formula is C29H35NO5. The molecular weight excluding hydrogens is 442 g/mol. The standard InChI is InChI=1S/C29H35NO5/c1-30(2)25-15-10-22(11-16-25)29(33,23-12-17-26(34-3)18-13-23)24-14-19-27(35-4)21(20-24)8-6-5-7-9-28(31)32/h10-20,33H,5-9H2,1-4H3,(H,31,32). The molecule has 1 unspecified atom stereocenters. The number of aliphatic hydroxyl groups is 1. The van der Waals surface area contributed by atoms with Gasteiger partial charge in [-0.1, -0.05) is 36.8 Å². The Bertz CT molecular complexity index is 1110. The number of rotatable bonds is 12. The summed E-state index contributed by atoms with van der Waals surface area (Å²) in [4.78, 5) is 12.8. The lowest BCUT2D eigenvalue weighted by Crippen LogP contribution is -2.29. The summed E-state index contributed by atoms with van der Waals surface area (Å²) >= 11 is 0. The number of hydrogen-bond donors (Lipinski definition) is 2. The molecule has 0 aromatic heterocycles. The van der Waals surface area contributed by atoms with Gasteiger partial charge in [-0.2, -0.15) is 0 Å². The molecule has 3 aromatic rings. The third kappa shape index (κ3) is 6.14. The highest BCUT2D eigenvalue weighted by atomic mass is 16.5. The molecule has 0 saturated heterocycles. The molecule has 0 saturated carbocycles. The van der Waals surface area contributed by atoms with Gasteiger partial charge < -0.3 is 24.6 Å². The molecule has 3 aromatic carbocycles. The van der Waals surface area contributed by atoms with E-state index < -0.39 is 11.6 Å². The highest BCUT2D eigenvalue weighted by molar-refractivity contribution is 5.66. The van der Waals surface area contributed by atoms with E-state index in [4.69, 9.17) is 14.6 Å². The summed E-state index contributed by atoms with van der Waals surface area (Å²) in [6.45, 7) is 0. The maximum absolute atomic E-state index is 12.3. The van der Waals surface area contributed by atoms with Crippen LogP contribution in [0.25, 0.3) is 0 Å². The number of carboxylic acid groups (broad SMARTS) is 1. The maximum atomic E-state index is 12.3. The highest BCUT2D eigenvalue weighted by Gasteiger charge is 2.34. The second-order valence-corrected chi connectivity index (χ2v) is 8.86. The predicted octanol–water partition coefficient (Wildman–Crippen LogP) is 5.24. The molecule has 0 spiro atoms. The average molecular weight is 478 g/mol. The fourth-order valence-electron chi connectivity index (χ4n) is 4.30. The monoisotopic (exact) mass is 477 g/mol. The summed E-state index contributed by atoms with van der Waals surface area (Å²) in [6.07, 6.45) is 3.21. The normalized spacial score (nSPS) is 12.6.